The number of benzene rings is 2. The van der Waals surface area contributed by atoms with Crippen LogP contribution in [0, 0.1) is 0 Å². The lowest BCUT2D eigenvalue weighted by Crippen LogP contribution is -2.52. The molecule has 1 N–H and O–H groups in total. The number of hydrogen-bond donors (Lipinski definition) is 1. The summed E-state index contributed by atoms with van der Waals surface area (Å²) in [6.45, 7) is 3.95. The van der Waals surface area contributed by atoms with E-state index in [9.17, 15) is 4.79 Å². The molecule has 156 valence electrons. The Morgan fingerprint density at radius 3 is 2.62 bits per heavy atom. The minimum Gasteiger partial charge on any atom is -0.495 e. The number of piperazine rings is 1. The fourth-order valence-corrected chi connectivity index (χ4v) is 3.92. The van der Waals surface area contributed by atoms with E-state index in [2.05, 4.69) is 26.1 Å². The SMILES string of the molecule is COc1ccccc1N1CCN(C(=O)NCCCOc2ccc(Br)cc2Cl)CC1. The van der Waals surface area contributed by atoms with E-state index in [1.165, 1.54) is 0 Å². The van der Waals surface area contributed by atoms with Gasteiger partial charge in [0.05, 0.1) is 24.4 Å². The molecule has 1 saturated heterocycles. The molecule has 3 rings (SSSR count). The molecule has 1 aliphatic heterocycles. The first-order chi connectivity index (χ1) is 14.1. The van der Waals surface area contributed by atoms with Gasteiger partial charge in [-0.25, -0.2) is 4.79 Å². The van der Waals surface area contributed by atoms with Gasteiger partial charge in [0.2, 0.25) is 0 Å². The number of ether oxygens (including phenoxy) is 2. The molecule has 1 fully saturated rings. The molecule has 1 heterocycles. The second-order valence-corrected chi connectivity index (χ2v) is 7.98. The van der Waals surface area contributed by atoms with Gasteiger partial charge >= 0.3 is 6.03 Å². The summed E-state index contributed by atoms with van der Waals surface area (Å²) in [6.07, 6.45) is 0.708. The number of methoxy groups -OCH3 is 1. The van der Waals surface area contributed by atoms with Gasteiger partial charge in [-0.1, -0.05) is 39.7 Å². The monoisotopic (exact) mass is 481 g/mol. The fraction of sp³-hybridized carbons (Fsp3) is 0.381. The number of rotatable bonds is 7. The molecule has 0 unspecified atom stereocenters. The van der Waals surface area contributed by atoms with Crippen molar-refractivity contribution >= 4 is 39.2 Å². The number of carbonyl (C=O) groups excluding carboxylic acids is 1. The topological polar surface area (TPSA) is 54.0 Å². The number of amides is 2. The smallest absolute Gasteiger partial charge is 0.317 e. The molecule has 0 spiro atoms. The Labute approximate surface area is 184 Å². The molecular weight excluding hydrogens is 458 g/mol. The number of nitrogens with zero attached hydrogens (tertiary/aromatic N) is 2. The van der Waals surface area contributed by atoms with Crippen LogP contribution < -0.4 is 19.7 Å². The molecule has 2 aromatic carbocycles. The largest absolute Gasteiger partial charge is 0.495 e. The normalized spacial score (nSPS) is 13.9. The van der Waals surface area contributed by atoms with Gasteiger partial charge in [-0.3, -0.25) is 0 Å². The van der Waals surface area contributed by atoms with E-state index in [0.29, 0.717) is 43.4 Å². The third-order valence-corrected chi connectivity index (χ3v) is 5.53. The molecule has 0 radical (unpaired) electrons. The predicted octanol–water partition coefficient (Wildman–Crippen LogP) is 4.41. The molecule has 6 nitrogen and oxygen atoms in total. The Hall–Kier alpha value is -2.12. The second kappa shape index (κ2) is 10.6. The van der Waals surface area contributed by atoms with Gasteiger partial charge in [0.15, 0.2) is 0 Å². The average molecular weight is 483 g/mol. The fourth-order valence-electron chi connectivity index (χ4n) is 3.20. The van der Waals surface area contributed by atoms with Gasteiger partial charge in [-0.15, -0.1) is 0 Å². The van der Waals surface area contributed by atoms with Crippen molar-refractivity contribution in [3.8, 4) is 11.5 Å². The summed E-state index contributed by atoms with van der Waals surface area (Å²) >= 11 is 9.49. The molecule has 0 aliphatic carbocycles. The zero-order chi connectivity index (χ0) is 20.6. The van der Waals surface area contributed by atoms with Crippen LogP contribution in [0.4, 0.5) is 10.5 Å². The van der Waals surface area contributed by atoms with Crippen molar-refractivity contribution in [3.05, 3.63) is 52.0 Å². The van der Waals surface area contributed by atoms with Crippen LogP contribution in [0.2, 0.25) is 5.02 Å². The number of urea groups is 1. The summed E-state index contributed by atoms with van der Waals surface area (Å²) < 4.78 is 12.0. The van der Waals surface area contributed by atoms with Crippen LogP contribution in [0.3, 0.4) is 0 Å². The minimum absolute atomic E-state index is 0.0358. The number of nitrogens with one attached hydrogen (secondary N) is 1. The second-order valence-electron chi connectivity index (χ2n) is 6.65. The van der Waals surface area contributed by atoms with Crippen molar-refractivity contribution in [3.63, 3.8) is 0 Å². The van der Waals surface area contributed by atoms with Gasteiger partial charge in [-0.05, 0) is 36.8 Å². The van der Waals surface area contributed by atoms with Crippen LogP contribution >= 0.6 is 27.5 Å². The van der Waals surface area contributed by atoms with Crippen LogP contribution in [0.15, 0.2) is 46.9 Å². The summed E-state index contributed by atoms with van der Waals surface area (Å²) in [7, 11) is 1.68. The maximum Gasteiger partial charge on any atom is 0.317 e. The van der Waals surface area contributed by atoms with Crippen LogP contribution in [-0.2, 0) is 0 Å². The van der Waals surface area contributed by atoms with Gasteiger partial charge < -0.3 is 24.6 Å². The van der Waals surface area contributed by atoms with E-state index in [1.54, 1.807) is 13.2 Å². The van der Waals surface area contributed by atoms with Crippen molar-refractivity contribution in [2.45, 2.75) is 6.42 Å². The Balaban J connectivity index is 1.36. The highest BCUT2D eigenvalue weighted by Gasteiger charge is 2.22. The van der Waals surface area contributed by atoms with Crippen molar-refractivity contribution in [2.24, 2.45) is 0 Å². The lowest BCUT2D eigenvalue weighted by molar-refractivity contribution is 0.193. The van der Waals surface area contributed by atoms with Crippen LogP contribution in [-0.4, -0.2) is 57.4 Å². The molecule has 0 atom stereocenters. The number of halogens is 2. The number of anilines is 1. The van der Waals surface area contributed by atoms with Crippen LogP contribution in [0.1, 0.15) is 6.42 Å². The van der Waals surface area contributed by atoms with E-state index < -0.39 is 0 Å². The number of para-hydroxylation sites is 2. The van der Waals surface area contributed by atoms with Crippen molar-refractivity contribution in [1.82, 2.24) is 10.2 Å². The van der Waals surface area contributed by atoms with E-state index in [-0.39, 0.29) is 6.03 Å². The average Bonchev–Trinajstić information content (AvgIpc) is 2.74. The van der Waals surface area contributed by atoms with Crippen LogP contribution in [0.25, 0.3) is 0 Å². The summed E-state index contributed by atoms with van der Waals surface area (Å²) in [5, 5.41) is 3.53. The highest BCUT2D eigenvalue weighted by Crippen LogP contribution is 2.29. The summed E-state index contributed by atoms with van der Waals surface area (Å²) in [6, 6.07) is 13.4. The Morgan fingerprint density at radius 2 is 1.90 bits per heavy atom. The molecule has 0 bridgehead atoms. The van der Waals surface area contributed by atoms with Gasteiger partial charge in [-0.2, -0.15) is 0 Å². The first kappa shape index (κ1) is 21.6. The molecule has 1 aliphatic rings. The molecule has 29 heavy (non-hydrogen) atoms. The zero-order valence-electron chi connectivity index (χ0n) is 16.4. The first-order valence-corrected chi connectivity index (χ1v) is 10.7. The van der Waals surface area contributed by atoms with E-state index in [0.717, 1.165) is 29.0 Å². The first-order valence-electron chi connectivity index (χ1n) is 9.57. The maximum atomic E-state index is 12.4. The lowest BCUT2D eigenvalue weighted by atomic mass is 10.2. The summed E-state index contributed by atoms with van der Waals surface area (Å²) in [4.78, 5) is 16.5. The molecule has 0 saturated carbocycles. The summed E-state index contributed by atoms with van der Waals surface area (Å²) in [5.41, 5.74) is 1.07. The number of carbonyl (C=O) groups is 1. The van der Waals surface area contributed by atoms with E-state index in [1.807, 2.05) is 41.3 Å². The Kier molecular flexibility index (Phi) is 7.89. The van der Waals surface area contributed by atoms with Crippen molar-refractivity contribution in [2.75, 3.05) is 51.3 Å². The highest BCUT2D eigenvalue weighted by molar-refractivity contribution is 9.10. The van der Waals surface area contributed by atoms with Crippen molar-refractivity contribution < 1.29 is 14.3 Å². The molecule has 0 aromatic heterocycles. The Morgan fingerprint density at radius 1 is 1.14 bits per heavy atom. The molecule has 8 heteroatoms. The molecule has 2 aromatic rings. The zero-order valence-corrected chi connectivity index (χ0v) is 18.7. The lowest BCUT2D eigenvalue weighted by Gasteiger charge is -2.36. The summed E-state index contributed by atoms with van der Waals surface area (Å²) in [5.74, 6) is 1.50. The quantitative estimate of drug-likeness (QED) is 0.594. The van der Waals surface area contributed by atoms with Gasteiger partial charge in [0, 0.05) is 37.2 Å². The number of hydrogen-bond acceptors (Lipinski definition) is 4. The minimum atomic E-state index is -0.0358. The van der Waals surface area contributed by atoms with Crippen LogP contribution in [0.5, 0.6) is 11.5 Å². The molecule has 2 amide bonds. The van der Waals surface area contributed by atoms with E-state index in [4.69, 9.17) is 21.1 Å². The standard InChI is InChI=1S/C21H25BrClN3O3/c1-28-20-6-3-2-5-18(20)25-10-12-26(13-11-25)21(27)24-9-4-14-29-19-8-7-16(22)15-17(19)23/h2-3,5-8,15H,4,9-14H2,1H3,(H,24,27). The predicted molar refractivity (Wildman–Crippen MR) is 119 cm³/mol. The van der Waals surface area contributed by atoms with Gasteiger partial charge in [0.1, 0.15) is 11.5 Å². The highest BCUT2D eigenvalue weighted by atomic mass is 79.9. The molecular formula is C21H25BrClN3O3. The van der Waals surface area contributed by atoms with Crippen molar-refractivity contribution in [1.29, 1.82) is 0 Å². The third-order valence-electron chi connectivity index (χ3n) is 4.74. The third kappa shape index (κ3) is 5.93. The maximum absolute atomic E-state index is 12.4. The Bertz CT molecular complexity index is 829. The van der Waals surface area contributed by atoms with E-state index >= 15 is 0 Å². The van der Waals surface area contributed by atoms with Gasteiger partial charge in [0.25, 0.3) is 0 Å².